The van der Waals surface area contributed by atoms with Crippen LogP contribution < -0.4 is 10.1 Å². The number of hydrogen-bond donors (Lipinski definition) is 1. The van der Waals surface area contributed by atoms with Crippen molar-refractivity contribution in [2.24, 2.45) is 0 Å². The van der Waals surface area contributed by atoms with E-state index in [2.05, 4.69) is 20.5 Å². The number of ether oxygens (including phenoxy) is 1. The van der Waals surface area contributed by atoms with E-state index < -0.39 is 0 Å². The zero-order valence-electron chi connectivity index (χ0n) is 18.0. The van der Waals surface area contributed by atoms with E-state index in [0.29, 0.717) is 58.5 Å². The maximum Gasteiger partial charge on any atom is 0.225 e. The summed E-state index contributed by atoms with van der Waals surface area (Å²) in [6.07, 6.45) is 3.35. The minimum atomic E-state index is -0.171. The van der Waals surface area contributed by atoms with Crippen molar-refractivity contribution >= 4 is 40.9 Å². The van der Waals surface area contributed by atoms with Crippen LogP contribution in [-0.4, -0.2) is 55.9 Å². The molecule has 33 heavy (non-hydrogen) atoms. The third-order valence-corrected chi connectivity index (χ3v) is 6.24. The predicted octanol–water partition coefficient (Wildman–Crippen LogP) is 3.57. The van der Waals surface area contributed by atoms with E-state index in [4.69, 9.17) is 16.3 Å². The van der Waals surface area contributed by atoms with Crippen molar-refractivity contribution in [2.45, 2.75) is 31.0 Å². The van der Waals surface area contributed by atoms with Crippen LogP contribution in [0.25, 0.3) is 5.82 Å². The van der Waals surface area contributed by atoms with Gasteiger partial charge in [-0.1, -0.05) is 29.4 Å². The number of nitrogens with zero attached hydrogens (tertiary/aromatic N) is 5. The fourth-order valence-electron chi connectivity index (χ4n) is 3.48. The van der Waals surface area contributed by atoms with Crippen LogP contribution >= 0.6 is 23.4 Å². The van der Waals surface area contributed by atoms with Crippen molar-refractivity contribution < 1.29 is 14.3 Å². The second kappa shape index (κ2) is 10.7. The number of carbonyl (C=O) groups is 2. The van der Waals surface area contributed by atoms with Crippen LogP contribution in [0, 0.1) is 0 Å². The van der Waals surface area contributed by atoms with Gasteiger partial charge in [-0.2, -0.15) is 0 Å². The van der Waals surface area contributed by atoms with Crippen LogP contribution in [0.15, 0.2) is 47.8 Å². The highest BCUT2D eigenvalue weighted by molar-refractivity contribution is 7.99. The van der Waals surface area contributed by atoms with E-state index in [9.17, 15) is 9.59 Å². The molecule has 1 N–H and O–H groups in total. The number of aromatic nitrogens is 4. The van der Waals surface area contributed by atoms with E-state index in [0.717, 1.165) is 6.42 Å². The molecule has 4 rings (SSSR count). The normalized spacial score (nSPS) is 13.4. The molecule has 9 nitrogen and oxygen atoms in total. The summed E-state index contributed by atoms with van der Waals surface area (Å²) in [5.74, 6) is 2.26. The zero-order chi connectivity index (χ0) is 23.2. The number of amides is 2. The molecule has 11 heteroatoms. The first kappa shape index (κ1) is 23.1. The Morgan fingerprint density at radius 2 is 2.15 bits per heavy atom. The van der Waals surface area contributed by atoms with Crippen molar-refractivity contribution in [1.29, 1.82) is 0 Å². The van der Waals surface area contributed by atoms with Crippen molar-refractivity contribution in [3.8, 4) is 11.6 Å². The standard InChI is InChI=1S/C22H23ClN6O3S/c1-32-17-8-7-15(23)13-16(17)25-20(30)9-12-33-22-27-26-19(14-28-11-4-6-21(28)31)29(22)18-5-2-3-10-24-18/h2-3,5,7-8,10,13H,4,6,9,11-12,14H2,1H3,(H,25,30). The smallest absolute Gasteiger partial charge is 0.225 e. The first-order chi connectivity index (χ1) is 16.0. The van der Waals surface area contributed by atoms with Crippen LogP contribution in [0.2, 0.25) is 5.02 Å². The maximum absolute atomic E-state index is 12.5. The largest absolute Gasteiger partial charge is 0.495 e. The Labute approximate surface area is 200 Å². The molecule has 0 radical (unpaired) electrons. The fraction of sp³-hybridized carbons (Fsp3) is 0.318. The molecule has 0 aliphatic carbocycles. The SMILES string of the molecule is COc1ccc(Cl)cc1NC(=O)CCSc1nnc(CN2CCCC2=O)n1-c1ccccn1. The van der Waals surface area contributed by atoms with Gasteiger partial charge < -0.3 is 15.0 Å². The number of benzene rings is 1. The van der Waals surface area contributed by atoms with Crippen LogP contribution in [0.4, 0.5) is 5.69 Å². The summed E-state index contributed by atoms with van der Waals surface area (Å²) < 4.78 is 7.11. The number of halogens is 1. The van der Waals surface area contributed by atoms with Gasteiger partial charge in [0.1, 0.15) is 11.6 Å². The lowest BCUT2D eigenvalue weighted by Crippen LogP contribution is -2.25. The van der Waals surface area contributed by atoms with Crippen LogP contribution in [0.1, 0.15) is 25.1 Å². The van der Waals surface area contributed by atoms with Crippen molar-refractivity contribution in [2.75, 3.05) is 24.7 Å². The molecule has 0 unspecified atom stereocenters. The molecular formula is C22H23ClN6O3S. The Balaban J connectivity index is 1.44. The quantitative estimate of drug-likeness (QED) is 0.461. The number of hydrogen-bond acceptors (Lipinski definition) is 7. The Kier molecular flexibility index (Phi) is 7.46. The molecule has 0 bridgehead atoms. The van der Waals surface area contributed by atoms with Gasteiger partial charge >= 0.3 is 0 Å². The van der Waals surface area contributed by atoms with E-state index in [-0.39, 0.29) is 18.2 Å². The summed E-state index contributed by atoms with van der Waals surface area (Å²) in [5.41, 5.74) is 0.522. The number of methoxy groups -OCH3 is 1. The Bertz CT molecular complexity index is 1140. The minimum Gasteiger partial charge on any atom is -0.495 e. The van der Waals surface area contributed by atoms with E-state index in [1.54, 1.807) is 29.3 Å². The lowest BCUT2D eigenvalue weighted by molar-refractivity contribution is -0.128. The van der Waals surface area contributed by atoms with Gasteiger partial charge in [0.15, 0.2) is 11.0 Å². The van der Waals surface area contributed by atoms with Gasteiger partial charge in [-0.15, -0.1) is 10.2 Å². The molecule has 1 saturated heterocycles. The summed E-state index contributed by atoms with van der Waals surface area (Å²) in [6.45, 7) is 1.08. The van der Waals surface area contributed by atoms with Crippen molar-refractivity contribution in [1.82, 2.24) is 24.6 Å². The lowest BCUT2D eigenvalue weighted by Gasteiger charge is -2.16. The third-order valence-electron chi connectivity index (χ3n) is 5.08. The average Bonchev–Trinajstić information content (AvgIpc) is 3.40. The Morgan fingerprint density at radius 3 is 2.88 bits per heavy atom. The summed E-state index contributed by atoms with van der Waals surface area (Å²) >= 11 is 7.43. The highest BCUT2D eigenvalue weighted by Gasteiger charge is 2.24. The molecule has 172 valence electrons. The van der Waals surface area contributed by atoms with Crippen LogP contribution in [0.5, 0.6) is 5.75 Å². The summed E-state index contributed by atoms with van der Waals surface area (Å²) in [4.78, 5) is 30.8. The topological polar surface area (TPSA) is 102 Å². The fourth-order valence-corrected chi connectivity index (χ4v) is 4.55. The second-order valence-electron chi connectivity index (χ2n) is 7.33. The number of likely N-dealkylation sites (tertiary alicyclic amines) is 1. The zero-order valence-corrected chi connectivity index (χ0v) is 19.6. The van der Waals surface area contributed by atoms with Gasteiger partial charge in [-0.05, 0) is 36.8 Å². The molecule has 2 aromatic heterocycles. The van der Waals surface area contributed by atoms with Crippen molar-refractivity contribution in [3.05, 3.63) is 53.4 Å². The van der Waals surface area contributed by atoms with Crippen LogP contribution in [-0.2, 0) is 16.1 Å². The number of rotatable bonds is 9. The van der Waals surface area contributed by atoms with E-state index >= 15 is 0 Å². The molecule has 1 aliphatic rings. The molecule has 0 saturated carbocycles. The average molecular weight is 487 g/mol. The first-order valence-corrected chi connectivity index (χ1v) is 11.8. The molecule has 0 spiro atoms. The lowest BCUT2D eigenvalue weighted by atomic mass is 10.3. The monoisotopic (exact) mass is 486 g/mol. The summed E-state index contributed by atoms with van der Waals surface area (Å²) in [7, 11) is 1.53. The Hall–Kier alpha value is -3.11. The number of pyridine rings is 1. The van der Waals surface area contributed by atoms with Gasteiger partial charge in [0.25, 0.3) is 0 Å². The molecular weight excluding hydrogens is 464 g/mol. The molecule has 0 atom stereocenters. The maximum atomic E-state index is 12.5. The molecule has 1 fully saturated rings. The predicted molar refractivity (Wildman–Crippen MR) is 126 cm³/mol. The van der Waals surface area contributed by atoms with Gasteiger partial charge in [-0.3, -0.25) is 14.2 Å². The highest BCUT2D eigenvalue weighted by Crippen LogP contribution is 2.28. The first-order valence-electron chi connectivity index (χ1n) is 10.4. The number of thioether (sulfide) groups is 1. The molecule has 1 aliphatic heterocycles. The second-order valence-corrected chi connectivity index (χ2v) is 8.83. The number of anilines is 1. The number of carbonyl (C=O) groups excluding carboxylic acids is 2. The molecule has 1 aromatic carbocycles. The van der Waals surface area contributed by atoms with E-state index in [1.165, 1.54) is 18.9 Å². The molecule has 2 amide bonds. The van der Waals surface area contributed by atoms with Gasteiger partial charge in [0, 0.05) is 36.4 Å². The van der Waals surface area contributed by atoms with E-state index in [1.807, 2.05) is 22.8 Å². The summed E-state index contributed by atoms with van der Waals surface area (Å²) in [5, 5.41) is 12.6. The molecule has 3 aromatic rings. The van der Waals surface area contributed by atoms with Gasteiger partial charge in [-0.25, -0.2) is 4.98 Å². The molecule has 3 heterocycles. The summed E-state index contributed by atoms with van der Waals surface area (Å²) in [6, 6.07) is 10.6. The Morgan fingerprint density at radius 1 is 1.27 bits per heavy atom. The third kappa shape index (κ3) is 5.63. The highest BCUT2D eigenvalue weighted by atomic mass is 35.5. The minimum absolute atomic E-state index is 0.118. The van der Waals surface area contributed by atoms with Gasteiger partial charge in [0.2, 0.25) is 11.8 Å². The van der Waals surface area contributed by atoms with Crippen molar-refractivity contribution in [3.63, 3.8) is 0 Å². The van der Waals surface area contributed by atoms with Crippen LogP contribution in [0.3, 0.4) is 0 Å². The van der Waals surface area contributed by atoms with Gasteiger partial charge in [0.05, 0.1) is 19.3 Å². The number of nitrogens with one attached hydrogen (secondary N) is 1.